The van der Waals surface area contributed by atoms with Gasteiger partial charge in [0.2, 0.25) is 0 Å². The first-order valence-electron chi connectivity index (χ1n) is 15.0. The molecule has 4 atom stereocenters. The zero-order valence-electron chi connectivity index (χ0n) is 22.6. The van der Waals surface area contributed by atoms with Crippen LogP contribution in [0.5, 0.6) is 0 Å². The average Bonchev–Trinajstić information content (AvgIpc) is 3.73. The molecule has 39 heavy (non-hydrogen) atoms. The first kappa shape index (κ1) is 23.3. The second kappa shape index (κ2) is 8.79. The first-order chi connectivity index (χ1) is 19.2. The molecule has 0 radical (unpaired) electrons. The van der Waals surface area contributed by atoms with Gasteiger partial charge in [0.1, 0.15) is 0 Å². The van der Waals surface area contributed by atoms with Crippen molar-refractivity contribution in [1.82, 2.24) is 0 Å². The molecule has 2 heteroatoms. The molecular weight excluding hydrogens is 509 g/mol. The van der Waals surface area contributed by atoms with Crippen LogP contribution in [-0.2, 0) is 0 Å². The fourth-order valence-corrected chi connectivity index (χ4v) is 11.7. The highest BCUT2D eigenvalue weighted by atomic mass is 32.2. The van der Waals surface area contributed by atoms with Gasteiger partial charge in [-0.2, -0.15) is 0 Å². The Kier molecular flexibility index (Phi) is 5.25. The molecule has 0 fully saturated rings. The summed E-state index contributed by atoms with van der Waals surface area (Å²) in [5.74, 6) is 1.40. The van der Waals surface area contributed by atoms with Crippen molar-refractivity contribution in [1.29, 1.82) is 0 Å². The van der Waals surface area contributed by atoms with Gasteiger partial charge in [-0.05, 0) is 103 Å². The highest BCUT2D eigenvalue weighted by Gasteiger charge is 2.52. The van der Waals surface area contributed by atoms with Gasteiger partial charge in [0, 0.05) is 32.1 Å². The lowest BCUT2D eigenvalue weighted by atomic mass is 9.76. The molecule has 9 rings (SSSR count). The quantitative estimate of drug-likeness (QED) is 0.373. The largest absolute Gasteiger partial charge is 0.121 e. The molecule has 0 saturated heterocycles. The normalized spacial score (nSPS) is 32.3. The number of benzene rings is 1. The van der Waals surface area contributed by atoms with Crippen LogP contribution >= 0.6 is 23.5 Å². The maximum Gasteiger partial charge on any atom is 0.0348 e. The molecule has 6 aliphatic carbocycles. The monoisotopic (exact) mass is 542 g/mol. The minimum Gasteiger partial charge on any atom is -0.121 e. The number of thioether (sulfide) groups is 2. The molecule has 0 amide bonds. The number of fused-ring (bicyclic) bond motifs is 5. The van der Waals surface area contributed by atoms with Crippen molar-refractivity contribution in [3.8, 4) is 0 Å². The topological polar surface area (TPSA) is 0 Å². The van der Waals surface area contributed by atoms with E-state index in [1.54, 1.807) is 48.8 Å². The third kappa shape index (κ3) is 3.47. The third-order valence-corrected chi connectivity index (χ3v) is 13.5. The van der Waals surface area contributed by atoms with Crippen molar-refractivity contribution in [2.45, 2.75) is 68.8 Å². The Morgan fingerprint density at radius 2 is 1.67 bits per heavy atom. The lowest BCUT2D eigenvalue weighted by molar-refractivity contribution is 0.583. The number of rotatable bonds is 3. The summed E-state index contributed by atoms with van der Waals surface area (Å²) in [6.07, 6.45) is 24.9. The minimum atomic E-state index is 0.636. The molecule has 4 unspecified atom stereocenters. The van der Waals surface area contributed by atoms with Crippen molar-refractivity contribution >= 4 is 29.1 Å². The van der Waals surface area contributed by atoms with Crippen molar-refractivity contribution < 1.29 is 0 Å². The highest BCUT2D eigenvalue weighted by molar-refractivity contribution is 8.04. The number of hydrogen-bond acceptors (Lipinski definition) is 2. The third-order valence-electron chi connectivity index (χ3n) is 10.5. The fourth-order valence-electron chi connectivity index (χ4n) is 8.50. The van der Waals surface area contributed by atoms with Crippen LogP contribution < -0.4 is 0 Å². The zero-order valence-corrected chi connectivity index (χ0v) is 24.3. The van der Waals surface area contributed by atoms with Crippen LogP contribution in [0.15, 0.2) is 127 Å². The Bertz CT molecular complexity index is 1610. The summed E-state index contributed by atoms with van der Waals surface area (Å²) in [4.78, 5) is 3.29. The van der Waals surface area contributed by atoms with E-state index in [1.165, 1.54) is 68.1 Å². The summed E-state index contributed by atoms with van der Waals surface area (Å²) in [7, 11) is 0. The van der Waals surface area contributed by atoms with E-state index in [1.807, 2.05) is 5.57 Å². The van der Waals surface area contributed by atoms with Gasteiger partial charge >= 0.3 is 0 Å². The Labute approximate surface area is 241 Å². The van der Waals surface area contributed by atoms with E-state index in [-0.39, 0.29) is 0 Å². The molecule has 8 aliphatic rings. The van der Waals surface area contributed by atoms with E-state index < -0.39 is 0 Å². The molecule has 1 aromatic rings. The zero-order chi connectivity index (χ0) is 25.7. The molecule has 0 aromatic heterocycles. The van der Waals surface area contributed by atoms with Gasteiger partial charge in [-0.25, -0.2) is 0 Å². The second-order valence-electron chi connectivity index (χ2n) is 12.5. The summed E-state index contributed by atoms with van der Waals surface area (Å²) in [5.41, 5.74) is 18.1. The SMILES string of the molecule is CC1=CC=C(C2=CC3C4=C5C6=C(CC4)C4=C(CC(C7=CC=C(c8ccccc8)CC7)S4)C6=CCC5C3S2)CC1. The minimum absolute atomic E-state index is 0.636. The summed E-state index contributed by atoms with van der Waals surface area (Å²) in [6, 6.07) is 10.9. The van der Waals surface area contributed by atoms with Crippen molar-refractivity contribution in [2.24, 2.45) is 11.8 Å². The maximum absolute atomic E-state index is 2.69. The van der Waals surface area contributed by atoms with E-state index in [4.69, 9.17) is 0 Å². The summed E-state index contributed by atoms with van der Waals surface area (Å²) in [5, 5.41) is 1.37. The molecule has 2 heterocycles. The first-order valence-corrected chi connectivity index (χ1v) is 16.8. The van der Waals surface area contributed by atoms with Crippen LogP contribution in [0.25, 0.3) is 5.57 Å². The Balaban J connectivity index is 0.998. The smallest absolute Gasteiger partial charge is 0.0348 e. The van der Waals surface area contributed by atoms with Crippen LogP contribution in [0.2, 0.25) is 0 Å². The van der Waals surface area contributed by atoms with Gasteiger partial charge in [-0.15, -0.1) is 23.5 Å². The van der Waals surface area contributed by atoms with Crippen LogP contribution in [0.1, 0.15) is 63.9 Å². The molecular formula is C37H34S2. The van der Waals surface area contributed by atoms with Crippen LogP contribution in [0, 0.1) is 11.8 Å². The van der Waals surface area contributed by atoms with Crippen molar-refractivity contribution in [3.05, 3.63) is 132 Å². The van der Waals surface area contributed by atoms with E-state index in [2.05, 4.69) is 97.2 Å². The molecule has 0 saturated carbocycles. The molecule has 2 aliphatic heterocycles. The lowest BCUT2D eigenvalue weighted by Gasteiger charge is -2.31. The summed E-state index contributed by atoms with van der Waals surface area (Å²) in [6.45, 7) is 2.27. The van der Waals surface area contributed by atoms with E-state index in [9.17, 15) is 0 Å². The summed E-state index contributed by atoms with van der Waals surface area (Å²) >= 11 is 4.44. The Morgan fingerprint density at radius 1 is 0.795 bits per heavy atom. The van der Waals surface area contributed by atoms with Crippen LogP contribution in [0.4, 0.5) is 0 Å². The van der Waals surface area contributed by atoms with Crippen molar-refractivity contribution in [3.63, 3.8) is 0 Å². The average molecular weight is 543 g/mol. The van der Waals surface area contributed by atoms with E-state index in [0.29, 0.717) is 11.2 Å². The van der Waals surface area contributed by atoms with Gasteiger partial charge < -0.3 is 0 Å². The van der Waals surface area contributed by atoms with Gasteiger partial charge in [0.15, 0.2) is 0 Å². The molecule has 0 bridgehead atoms. The molecule has 194 valence electrons. The van der Waals surface area contributed by atoms with Gasteiger partial charge in [0.05, 0.1) is 0 Å². The predicted molar refractivity (Wildman–Crippen MR) is 168 cm³/mol. The van der Waals surface area contributed by atoms with E-state index in [0.717, 1.165) is 11.2 Å². The van der Waals surface area contributed by atoms with Gasteiger partial charge in [-0.1, -0.05) is 83.5 Å². The maximum atomic E-state index is 2.69. The molecule has 0 spiro atoms. The molecule has 1 aromatic carbocycles. The molecule has 0 nitrogen and oxygen atoms in total. The van der Waals surface area contributed by atoms with Gasteiger partial charge in [-0.3, -0.25) is 0 Å². The Morgan fingerprint density at radius 3 is 2.49 bits per heavy atom. The van der Waals surface area contributed by atoms with Crippen molar-refractivity contribution in [2.75, 3.05) is 0 Å². The van der Waals surface area contributed by atoms with Crippen LogP contribution in [-0.4, -0.2) is 10.5 Å². The van der Waals surface area contributed by atoms with E-state index >= 15 is 0 Å². The standard InChI is InChI=1S/C37H34S2/c1-21-7-9-24(10-8-21)32-19-30-26-15-18-29-35-27(16-17-28(34(26)35)36(30)38-32)31-20-33(39-37(29)31)25-13-11-23(12-14-25)22-5-3-2-4-6-22/h2-7,9,11,13,16,19,28,30,33,36H,8,10,12,14-15,17-18,20H2,1H3. The van der Waals surface area contributed by atoms with Gasteiger partial charge in [0.25, 0.3) is 0 Å². The fraction of sp³-hybridized carbons (Fsp3) is 0.351. The second-order valence-corrected chi connectivity index (χ2v) is 14.9. The number of hydrogen-bond donors (Lipinski definition) is 0. The Hall–Kier alpha value is -2.42. The lowest BCUT2D eigenvalue weighted by Crippen LogP contribution is -2.20. The van der Waals surface area contributed by atoms with Crippen LogP contribution in [0.3, 0.4) is 0 Å². The number of allylic oxidation sites excluding steroid dienone is 15. The highest BCUT2D eigenvalue weighted by Crippen LogP contribution is 2.66. The molecule has 0 N–H and O–H groups in total. The predicted octanol–water partition coefficient (Wildman–Crippen LogP) is 10.2. The summed E-state index contributed by atoms with van der Waals surface area (Å²) < 4.78 is 0.